The normalized spacial score (nSPS) is 21.3. The van der Waals surface area contributed by atoms with Crippen LogP contribution < -0.4 is 16.4 Å². The molecule has 0 aromatic rings. The largest absolute Gasteiger partial charge is 0.385 e. The topological polar surface area (TPSA) is 87.4 Å². The fourth-order valence-corrected chi connectivity index (χ4v) is 0.790. The van der Waals surface area contributed by atoms with Gasteiger partial charge >= 0.3 is 6.03 Å². The number of β-amino-alcohol motifs (C(OH)–C–C–N with tert-alkyl or cyclic N) is 1. The first-order valence-electron chi connectivity index (χ1n) is 3.09. The van der Waals surface area contributed by atoms with Crippen molar-refractivity contribution in [3.8, 4) is 0 Å². The van der Waals surface area contributed by atoms with Crippen molar-refractivity contribution in [2.75, 3.05) is 19.6 Å². The molecule has 1 aliphatic heterocycles. The zero-order valence-corrected chi connectivity index (χ0v) is 5.55. The minimum absolute atomic E-state index is 0.231. The van der Waals surface area contributed by atoms with Gasteiger partial charge in [0.05, 0.1) is 6.54 Å². The predicted molar refractivity (Wildman–Crippen MR) is 35.4 cm³/mol. The molecule has 58 valence electrons. The van der Waals surface area contributed by atoms with Gasteiger partial charge in [0.1, 0.15) is 5.60 Å². The van der Waals surface area contributed by atoms with Gasteiger partial charge in [-0.05, 0) is 0 Å². The second-order valence-electron chi connectivity index (χ2n) is 2.55. The van der Waals surface area contributed by atoms with Gasteiger partial charge < -0.3 is 21.5 Å². The molecule has 0 spiro atoms. The van der Waals surface area contributed by atoms with E-state index in [0.717, 1.165) is 0 Å². The zero-order chi connectivity index (χ0) is 7.61. The Morgan fingerprint density at radius 1 is 1.80 bits per heavy atom. The van der Waals surface area contributed by atoms with Crippen LogP contribution in [0.2, 0.25) is 0 Å². The molecule has 1 rings (SSSR count). The molecule has 0 saturated carbocycles. The lowest BCUT2D eigenvalue weighted by molar-refractivity contribution is -0.00586. The number of carbonyl (C=O) groups is 1. The Morgan fingerprint density at radius 3 is 2.70 bits per heavy atom. The molecule has 0 aliphatic carbocycles. The van der Waals surface area contributed by atoms with Crippen molar-refractivity contribution in [2.24, 2.45) is 5.73 Å². The van der Waals surface area contributed by atoms with Crippen molar-refractivity contribution in [1.82, 2.24) is 10.6 Å². The standard InChI is InChI=1S/C5H11N3O2/c6-4(9)8-3-5(10)1-7-2-5/h7,10H,1-3H2,(H3,6,8,9). The number of carbonyl (C=O) groups excluding carboxylic acids is 1. The summed E-state index contributed by atoms with van der Waals surface area (Å²) in [6, 6.07) is -0.597. The van der Waals surface area contributed by atoms with Crippen molar-refractivity contribution < 1.29 is 9.90 Å². The van der Waals surface area contributed by atoms with Crippen LogP contribution in [0, 0.1) is 0 Å². The Kier molecular flexibility index (Phi) is 1.78. The van der Waals surface area contributed by atoms with E-state index >= 15 is 0 Å². The molecule has 1 fully saturated rings. The molecule has 2 amide bonds. The summed E-state index contributed by atoms with van der Waals surface area (Å²) in [6.07, 6.45) is 0. The molecule has 5 N–H and O–H groups in total. The van der Waals surface area contributed by atoms with Crippen LogP contribution in [0.4, 0.5) is 4.79 Å². The van der Waals surface area contributed by atoms with Crippen LogP contribution in [-0.4, -0.2) is 36.4 Å². The average molecular weight is 145 g/mol. The van der Waals surface area contributed by atoms with Gasteiger partial charge in [-0.15, -0.1) is 0 Å². The van der Waals surface area contributed by atoms with Crippen molar-refractivity contribution in [3.05, 3.63) is 0 Å². The number of rotatable bonds is 2. The van der Waals surface area contributed by atoms with Crippen LogP contribution >= 0.6 is 0 Å². The first-order valence-corrected chi connectivity index (χ1v) is 3.09. The Morgan fingerprint density at radius 2 is 2.40 bits per heavy atom. The van der Waals surface area contributed by atoms with E-state index in [1.807, 2.05) is 0 Å². The van der Waals surface area contributed by atoms with Crippen LogP contribution in [0.1, 0.15) is 0 Å². The summed E-state index contributed by atoms with van der Waals surface area (Å²) in [5.41, 5.74) is 4.03. The number of urea groups is 1. The molecule has 0 bridgehead atoms. The lowest BCUT2D eigenvalue weighted by atomic mass is 9.98. The number of amides is 2. The summed E-state index contributed by atoms with van der Waals surface area (Å²) in [5.74, 6) is 0. The highest BCUT2D eigenvalue weighted by Gasteiger charge is 2.33. The van der Waals surface area contributed by atoms with Gasteiger partial charge in [-0.2, -0.15) is 0 Å². The summed E-state index contributed by atoms with van der Waals surface area (Å²) in [7, 11) is 0. The van der Waals surface area contributed by atoms with Crippen LogP contribution in [0.5, 0.6) is 0 Å². The van der Waals surface area contributed by atoms with Gasteiger partial charge in [0.15, 0.2) is 0 Å². The van der Waals surface area contributed by atoms with E-state index < -0.39 is 11.6 Å². The molecule has 0 unspecified atom stereocenters. The Hall–Kier alpha value is -0.810. The van der Waals surface area contributed by atoms with E-state index in [4.69, 9.17) is 5.73 Å². The van der Waals surface area contributed by atoms with E-state index in [0.29, 0.717) is 13.1 Å². The van der Waals surface area contributed by atoms with E-state index in [-0.39, 0.29) is 6.54 Å². The number of nitrogens with two attached hydrogens (primary N) is 1. The van der Waals surface area contributed by atoms with Gasteiger partial charge in [-0.25, -0.2) is 4.79 Å². The number of primary amides is 1. The van der Waals surface area contributed by atoms with Crippen molar-refractivity contribution in [1.29, 1.82) is 0 Å². The third-order valence-electron chi connectivity index (χ3n) is 1.50. The summed E-state index contributed by atoms with van der Waals surface area (Å²) >= 11 is 0. The van der Waals surface area contributed by atoms with Gasteiger partial charge in [0.25, 0.3) is 0 Å². The molecule has 5 nitrogen and oxygen atoms in total. The van der Waals surface area contributed by atoms with E-state index in [1.54, 1.807) is 0 Å². The molecule has 1 aliphatic rings. The summed E-state index contributed by atoms with van der Waals surface area (Å²) in [4.78, 5) is 10.2. The van der Waals surface area contributed by atoms with Crippen LogP contribution in [0.25, 0.3) is 0 Å². The third-order valence-corrected chi connectivity index (χ3v) is 1.50. The van der Waals surface area contributed by atoms with Crippen LogP contribution in [-0.2, 0) is 0 Å². The van der Waals surface area contributed by atoms with E-state index in [1.165, 1.54) is 0 Å². The van der Waals surface area contributed by atoms with E-state index in [9.17, 15) is 9.90 Å². The maximum absolute atomic E-state index is 10.2. The van der Waals surface area contributed by atoms with Crippen molar-refractivity contribution in [2.45, 2.75) is 5.60 Å². The zero-order valence-electron chi connectivity index (χ0n) is 5.55. The molecule has 1 heterocycles. The molecule has 0 aromatic carbocycles. The Bertz CT molecular complexity index is 144. The van der Waals surface area contributed by atoms with Gasteiger partial charge in [0.2, 0.25) is 0 Å². The number of nitrogens with one attached hydrogen (secondary N) is 2. The monoisotopic (exact) mass is 145 g/mol. The minimum Gasteiger partial charge on any atom is -0.385 e. The van der Waals surface area contributed by atoms with E-state index in [2.05, 4.69) is 10.6 Å². The maximum atomic E-state index is 10.2. The van der Waals surface area contributed by atoms with Gasteiger partial charge in [-0.1, -0.05) is 0 Å². The number of hydrogen-bond donors (Lipinski definition) is 4. The first kappa shape index (κ1) is 7.30. The Balaban J connectivity index is 2.18. The predicted octanol–water partition coefficient (Wildman–Crippen LogP) is -2.01. The van der Waals surface area contributed by atoms with Crippen molar-refractivity contribution >= 4 is 6.03 Å². The van der Waals surface area contributed by atoms with Gasteiger partial charge in [0, 0.05) is 13.1 Å². The number of aliphatic hydroxyl groups is 1. The molecule has 0 atom stereocenters. The fraction of sp³-hybridized carbons (Fsp3) is 0.800. The van der Waals surface area contributed by atoms with Gasteiger partial charge in [-0.3, -0.25) is 0 Å². The molecule has 1 saturated heterocycles. The molecule has 0 radical (unpaired) electrons. The highest BCUT2D eigenvalue weighted by Crippen LogP contribution is 2.07. The second-order valence-corrected chi connectivity index (χ2v) is 2.55. The third kappa shape index (κ3) is 1.58. The Labute approximate surface area is 58.6 Å². The summed E-state index contributed by atoms with van der Waals surface area (Å²) in [5, 5.41) is 14.5. The lowest BCUT2D eigenvalue weighted by Crippen LogP contribution is -2.64. The first-order chi connectivity index (χ1) is 4.62. The molecule has 5 heteroatoms. The average Bonchev–Trinajstić information content (AvgIpc) is 1.79. The minimum atomic E-state index is -0.769. The highest BCUT2D eigenvalue weighted by atomic mass is 16.3. The second kappa shape index (κ2) is 2.43. The molecule has 0 aromatic heterocycles. The molecule has 10 heavy (non-hydrogen) atoms. The number of hydrogen-bond acceptors (Lipinski definition) is 3. The smallest absolute Gasteiger partial charge is 0.312 e. The SMILES string of the molecule is NC(=O)NCC1(O)CNC1. The maximum Gasteiger partial charge on any atom is 0.312 e. The quantitative estimate of drug-likeness (QED) is 0.362. The molecular formula is C5H11N3O2. The molecular weight excluding hydrogens is 134 g/mol. The summed E-state index contributed by atoms with van der Waals surface area (Å²) < 4.78 is 0. The summed E-state index contributed by atoms with van der Waals surface area (Å²) in [6.45, 7) is 1.27. The fourth-order valence-electron chi connectivity index (χ4n) is 0.790. The lowest BCUT2D eigenvalue weighted by Gasteiger charge is -2.37. The van der Waals surface area contributed by atoms with Crippen LogP contribution in [0.15, 0.2) is 0 Å². The van der Waals surface area contributed by atoms with Crippen molar-refractivity contribution in [3.63, 3.8) is 0 Å². The highest BCUT2D eigenvalue weighted by molar-refractivity contribution is 5.71. The van der Waals surface area contributed by atoms with Crippen LogP contribution in [0.3, 0.4) is 0 Å².